The molecule has 1 nitrogen and oxygen atoms in total. The molecule has 0 fully saturated rings. The van der Waals surface area contributed by atoms with Crippen LogP contribution >= 0.6 is 0 Å². The average Bonchev–Trinajstić information content (AvgIpc) is 2.95. The van der Waals surface area contributed by atoms with E-state index in [0.717, 1.165) is 12.5 Å². The summed E-state index contributed by atoms with van der Waals surface area (Å²) in [6.07, 6.45) is 3.55. The number of aryl methyl sites for hydroxylation is 2. The second-order valence-electron chi connectivity index (χ2n) is 5.72. The number of nitrogens with one attached hydrogen (secondary N) is 1. The van der Waals surface area contributed by atoms with E-state index in [1.165, 1.54) is 41.7 Å². The number of halogens is 2. The van der Waals surface area contributed by atoms with Gasteiger partial charge in [0.15, 0.2) is 0 Å². The largest absolute Gasteiger partial charge is 0.306 e. The first-order valence-electron chi connectivity index (χ1n) is 7.42. The van der Waals surface area contributed by atoms with Crippen molar-refractivity contribution in [3.8, 4) is 0 Å². The second-order valence-corrected chi connectivity index (χ2v) is 5.72. The van der Waals surface area contributed by atoms with Crippen molar-refractivity contribution in [3.05, 3.63) is 70.3 Å². The summed E-state index contributed by atoms with van der Waals surface area (Å²) in [6.45, 7) is 2.37. The first kappa shape index (κ1) is 14.2. The van der Waals surface area contributed by atoms with Gasteiger partial charge in [-0.2, -0.15) is 0 Å². The summed E-state index contributed by atoms with van der Waals surface area (Å²) in [5.41, 5.74) is 4.44. The Bertz CT molecular complexity index is 652. The van der Waals surface area contributed by atoms with E-state index in [4.69, 9.17) is 0 Å². The van der Waals surface area contributed by atoms with Gasteiger partial charge in [-0.3, -0.25) is 0 Å². The Balaban J connectivity index is 1.69. The average molecular weight is 287 g/mol. The molecule has 3 heteroatoms. The quantitative estimate of drug-likeness (QED) is 0.884. The van der Waals surface area contributed by atoms with E-state index in [1.807, 2.05) is 6.92 Å². The van der Waals surface area contributed by atoms with Gasteiger partial charge in [0.2, 0.25) is 0 Å². The van der Waals surface area contributed by atoms with Gasteiger partial charge < -0.3 is 5.32 Å². The molecule has 0 spiro atoms. The highest BCUT2D eigenvalue weighted by molar-refractivity contribution is 5.36. The van der Waals surface area contributed by atoms with Gasteiger partial charge in [-0.05, 0) is 61.1 Å². The third kappa shape index (κ3) is 3.13. The lowest BCUT2D eigenvalue weighted by Gasteiger charge is -2.16. The van der Waals surface area contributed by atoms with Crippen molar-refractivity contribution >= 4 is 0 Å². The molecule has 1 aliphatic rings. The van der Waals surface area contributed by atoms with Gasteiger partial charge >= 0.3 is 0 Å². The molecule has 0 aromatic heterocycles. The van der Waals surface area contributed by atoms with Gasteiger partial charge in [-0.1, -0.05) is 18.2 Å². The van der Waals surface area contributed by atoms with Crippen LogP contribution in [0.5, 0.6) is 0 Å². The minimum atomic E-state index is -0.404. The molecule has 1 N–H and O–H groups in total. The van der Waals surface area contributed by atoms with E-state index in [1.54, 1.807) is 0 Å². The molecule has 0 saturated carbocycles. The Hall–Kier alpha value is -1.74. The predicted octanol–water partition coefficient (Wildman–Crippen LogP) is 4.30. The normalized spacial score (nSPS) is 15.0. The highest BCUT2D eigenvalue weighted by atomic mass is 19.1. The van der Waals surface area contributed by atoms with Crippen LogP contribution in [0.2, 0.25) is 0 Å². The molecule has 21 heavy (non-hydrogen) atoms. The van der Waals surface area contributed by atoms with Gasteiger partial charge in [0.25, 0.3) is 0 Å². The molecule has 0 aliphatic heterocycles. The number of hydrogen-bond acceptors (Lipinski definition) is 1. The molecule has 0 amide bonds. The maximum Gasteiger partial charge on any atom is 0.127 e. The summed E-state index contributed by atoms with van der Waals surface area (Å²) in [6, 6.07) is 10.2. The summed E-state index contributed by atoms with van der Waals surface area (Å²) in [7, 11) is 0. The van der Waals surface area contributed by atoms with Crippen molar-refractivity contribution in [2.45, 2.75) is 38.8 Å². The van der Waals surface area contributed by atoms with Crippen LogP contribution in [0.4, 0.5) is 8.78 Å². The number of hydrogen-bond donors (Lipinski definition) is 1. The Morgan fingerprint density at radius 1 is 1.05 bits per heavy atom. The molecule has 2 aromatic rings. The molecular weight excluding hydrogens is 268 g/mol. The Kier molecular flexibility index (Phi) is 4.02. The van der Waals surface area contributed by atoms with E-state index in [9.17, 15) is 8.78 Å². The van der Waals surface area contributed by atoms with Crippen LogP contribution < -0.4 is 5.32 Å². The molecule has 0 bridgehead atoms. The van der Waals surface area contributed by atoms with Gasteiger partial charge in [0, 0.05) is 18.2 Å². The van der Waals surface area contributed by atoms with Crippen LogP contribution in [0, 0.1) is 11.6 Å². The molecule has 0 heterocycles. The topological polar surface area (TPSA) is 12.0 Å². The maximum absolute atomic E-state index is 13.6. The second kappa shape index (κ2) is 5.94. The molecule has 1 aliphatic carbocycles. The van der Waals surface area contributed by atoms with Gasteiger partial charge in [-0.25, -0.2) is 8.78 Å². The molecule has 1 atom stereocenters. The van der Waals surface area contributed by atoms with Gasteiger partial charge in [0.1, 0.15) is 11.6 Å². The fourth-order valence-electron chi connectivity index (χ4n) is 2.92. The lowest BCUT2D eigenvalue weighted by atomic mass is 10.0. The lowest BCUT2D eigenvalue weighted by molar-refractivity contribution is 0.535. The van der Waals surface area contributed by atoms with E-state index in [-0.39, 0.29) is 11.9 Å². The fourth-order valence-corrected chi connectivity index (χ4v) is 2.92. The summed E-state index contributed by atoms with van der Waals surface area (Å²) in [5, 5.41) is 3.27. The van der Waals surface area contributed by atoms with Crippen molar-refractivity contribution in [1.82, 2.24) is 5.32 Å². The predicted molar refractivity (Wildman–Crippen MR) is 80.1 cm³/mol. The standard InChI is InChI=1S/C18H19F2N/c1-12(14-6-5-13-3-2-4-15(13)9-14)21-11-16-10-17(19)7-8-18(16)20/h5-10,12,21H,2-4,11H2,1H3. The first-order chi connectivity index (χ1) is 10.1. The molecule has 0 saturated heterocycles. The zero-order valence-corrected chi connectivity index (χ0v) is 12.1. The summed E-state index contributed by atoms with van der Waals surface area (Å²) in [5.74, 6) is -0.775. The highest BCUT2D eigenvalue weighted by Crippen LogP contribution is 2.25. The molecule has 3 rings (SSSR count). The fraction of sp³-hybridized carbons (Fsp3) is 0.333. The maximum atomic E-state index is 13.6. The summed E-state index contributed by atoms with van der Waals surface area (Å²) in [4.78, 5) is 0. The van der Waals surface area contributed by atoms with Crippen LogP contribution in [0.1, 0.15) is 41.6 Å². The van der Waals surface area contributed by atoms with E-state index in [2.05, 4.69) is 23.5 Å². The Morgan fingerprint density at radius 3 is 2.71 bits per heavy atom. The third-order valence-electron chi connectivity index (χ3n) is 4.23. The van der Waals surface area contributed by atoms with Gasteiger partial charge in [0.05, 0.1) is 0 Å². The Labute approximate surface area is 124 Å². The highest BCUT2D eigenvalue weighted by Gasteiger charge is 2.13. The van der Waals surface area contributed by atoms with Crippen molar-refractivity contribution in [3.63, 3.8) is 0 Å². The molecular formula is C18H19F2N. The molecule has 1 unspecified atom stereocenters. The SMILES string of the molecule is CC(NCc1cc(F)ccc1F)c1ccc2c(c1)CCC2. The van der Waals surface area contributed by atoms with E-state index < -0.39 is 5.82 Å². The van der Waals surface area contributed by atoms with E-state index in [0.29, 0.717) is 12.1 Å². The van der Waals surface area contributed by atoms with Crippen molar-refractivity contribution in [2.24, 2.45) is 0 Å². The van der Waals surface area contributed by atoms with Crippen molar-refractivity contribution in [1.29, 1.82) is 0 Å². The zero-order valence-electron chi connectivity index (χ0n) is 12.1. The van der Waals surface area contributed by atoms with Crippen LogP contribution in [-0.2, 0) is 19.4 Å². The molecule has 110 valence electrons. The Morgan fingerprint density at radius 2 is 1.86 bits per heavy atom. The van der Waals surface area contributed by atoms with Crippen molar-refractivity contribution in [2.75, 3.05) is 0 Å². The summed E-state index contributed by atoms with van der Waals surface area (Å²) < 4.78 is 26.7. The van der Waals surface area contributed by atoms with Gasteiger partial charge in [-0.15, -0.1) is 0 Å². The van der Waals surface area contributed by atoms with Crippen LogP contribution in [-0.4, -0.2) is 0 Å². The van der Waals surface area contributed by atoms with Crippen molar-refractivity contribution < 1.29 is 8.78 Å². The van der Waals surface area contributed by atoms with Crippen LogP contribution in [0.3, 0.4) is 0 Å². The zero-order chi connectivity index (χ0) is 14.8. The smallest absolute Gasteiger partial charge is 0.127 e. The summed E-state index contributed by atoms with van der Waals surface area (Å²) >= 11 is 0. The third-order valence-corrected chi connectivity index (χ3v) is 4.23. The minimum absolute atomic E-state index is 0.110. The molecule has 0 radical (unpaired) electrons. The minimum Gasteiger partial charge on any atom is -0.306 e. The number of fused-ring (bicyclic) bond motifs is 1. The monoisotopic (exact) mass is 287 g/mol. The first-order valence-corrected chi connectivity index (χ1v) is 7.42. The molecule has 2 aromatic carbocycles. The lowest BCUT2D eigenvalue weighted by Crippen LogP contribution is -2.19. The number of benzene rings is 2. The van der Waals surface area contributed by atoms with E-state index >= 15 is 0 Å². The number of rotatable bonds is 4. The van der Waals surface area contributed by atoms with Crippen LogP contribution in [0.25, 0.3) is 0 Å². The van der Waals surface area contributed by atoms with Crippen LogP contribution in [0.15, 0.2) is 36.4 Å².